The van der Waals surface area contributed by atoms with E-state index in [1.165, 1.54) is 25.1 Å². The number of piperidine rings is 1. The molecule has 3 heteroatoms. The Morgan fingerprint density at radius 2 is 2.22 bits per heavy atom. The van der Waals surface area contributed by atoms with Crippen LogP contribution < -0.4 is 0 Å². The Morgan fingerprint density at radius 1 is 1.33 bits per heavy atom. The standard InChI is InChI=1S/C15H22N2O/c1-2-16-9-4-5-12(11-16)17-10-8-13-14(17)6-3-7-15(13)18/h8,10,12H,2-7,9,11H2,1H3. The largest absolute Gasteiger partial charge is 0.346 e. The number of hydrogen-bond acceptors (Lipinski definition) is 2. The molecule has 0 radical (unpaired) electrons. The predicted octanol–water partition coefficient (Wildman–Crippen LogP) is 2.66. The van der Waals surface area contributed by atoms with Crippen molar-refractivity contribution in [2.24, 2.45) is 0 Å². The van der Waals surface area contributed by atoms with Crippen molar-refractivity contribution in [1.29, 1.82) is 0 Å². The number of likely N-dealkylation sites (tertiary alicyclic amines) is 1. The fourth-order valence-corrected chi connectivity index (χ4v) is 3.44. The van der Waals surface area contributed by atoms with Gasteiger partial charge < -0.3 is 9.47 Å². The minimum Gasteiger partial charge on any atom is -0.346 e. The summed E-state index contributed by atoms with van der Waals surface area (Å²) in [5, 5.41) is 0. The van der Waals surface area contributed by atoms with Gasteiger partial charge in [0.05, 0.1) is 0 Å². The van der Waals surface area contributed by atoms with Gasteiger partial charge in [0.25, 0.3) is 0 Å². The Hall–Kier alpha value is -1.09. The molecular formula is C15H22N2O. The third kappa shape index (κ3) is 2.01. The quantitative estimate of drug-likeness (QED) is 0.801. The van der Waals surface area contributed by atoms with Crippen LogP contribution in [-0.4, -0.2) is 34.9 Å². The van der Waals surface area contributed by atoms with Crippen LogP contribution in [0.25, 0.3) is 0 Å². The van der Waals surface area contributed by atoms with Crippen LogP contribution >= 0.6 is 0 Å². The number of rotatable bonds is 2. The first-order chi connectivity index (χ1) is 8.79. The highest BCUT2D eigenvalue weighted by atomic mass is 16.1. The molecule has 1 aliphatic heterocycles. The minimum atomic E-state index is 0.346. The normalized spacial score (nSPS) is 25.2. The van der Waals surface area contributed by atoms with Crippen molar-refractivity contribution < 1.29 is 4.79 Å². The van der Waals surface area contributed by atoms with Crippen molar-refractivity contribution in [2.45, 2.75) is 45.1 Å². The monoisotopic (exact) mass is 246 g/mol. The summed E-state index contributed by atoms with van der Waals surface area (Å²) in [5.41, 5.74) is 2.30. The van der Waals surface area contributed by atoms with Crippen LogP contribution in [-0.2, 0) is 6.42 Å². The molecule has 1 saturated heterocycles. The number of likely N-dealkylation sites (N-methyl/N-ethyl adjacent to an activating group) is 1. The molecule has 2 heterocycles. The second-order valence-corrected chi connectivity index (χ2v) is 5.55. The van der Waals surface area contributed by atoms with Crippen LogP contribution in [0, 0.1) is 0 Å². The van der Waals surface area contributed by atoms with E-state index >= 15 is 0 Å². The van der Waals surface area contributed by atoms with Gasteiger partial charge >= 0.3 is 0 Å². The van der Waals surface area contributed by atoms with Gasteiger partial charge in [0.15, 0.2) is 5.78 Å². The van der Waals surface area contributed by atoms with E-state index in [0.717, 1.165) is 37.9 Å². The van der Waals surface area contributed by atoms with Gasteiger partial charge in [0.1, 0.15) is 0 Å². The van der Waals surface area contributed by atoms with Gasteiger partial charge in [0, 0.05) is 36.5 Å². The average Bonchev–Trinajstić information content (AvgIpc) is 2.84. The molecule has 18 heavy (non-hydrogen) atoms. The molecule has 0 amide bonds. The third-order valence-electron chi connectivity index (χ3n) is 4.46. The van der Waals surface area contributed by atoms with Crippen molar-refractivity contribution in [1.82, 2.24) is 9.47 Å². The van der Waals surface area contributed by atoms with Gasteiger partial charge in [0.2, 0.25) is 0 Å². The molecule has 0 spiro atoms. The van der Waals surface area contributed by atoms with Gasteiger partial charge in [-0.2, -0.15) is 0 Å². The van der Waals surface area contributed by atoms with E-state index in [1.807, 2.05) is 6.07 Å². The second-order valence-electron chi connectivity index (χ2n) is 5.55. The Morgan fingerprint density at radius 3 is 3.06 bits per heavy atom. The fourth-order valence-electron chi connectivity index (χ4n) is 3.44. The first-order valence-electron chi connectivity index (χ1n) is 7.25. The summed E-state index contributed by atoms with van der Waals surface area (Å²) in [5.74, 6) is 0.346. The Balaban J connectivity index is 1.86. The molecule has 0 N–H and O–H groups in total. The first kappa shape index (κ1) is 12.0. The highest BCUT2D eigenvalue weighted by Gasteiger charge is 2.26. The van der Waals surface area contributed by atoms with Crippen molar-refractivity contribution in [3.63, 3.8) is 0 Å². The molecule has 1 aromatic rings. The van der Waals surface area contributed by atoms with Crippen LogP contribution in [0.5, 0.6) is 0 Å². The SMILES string of the molecule is CCN1CCCC(n2ccc3c2CCCC3=O)C1. The number of Topliss-reactive ketones (excluding diaryl/α,β-unsaturated/α-hetero) is 1. The molecule has 1 aromatic heterocycles. The number of carbonyl (C=O) groups is 1. The molecule has 98 valence electrons. The zero-order valence-corrected chi connectivity index (χ0v) is 11.2. The van der Waals surface area contributed by atoms with E-state index in [0.29, 0.717) is 11.8 Å². The minimum absolute atomic E-state index is 0.346. The third-order valence-corrected chi connectivity index (χ3v) is 4.46. The van der Waals surface area contributed by atoms with Crippen molar-refractivity contribution in [3.05, 3.63) is 23.5 Å². The molecule has 3 nitrogen and oxygen atoms in total. The number of ketones is 1. The fraction of sp³-hybridized carbons (Fsp3) is 0.667. The van der Waals surface area contributed by atoms with Crippen LogP contribution in [0.3, 0.4) is 0 Å². The Kier molecular flexibility index (Phi) is 3.25. The lowest BCUT2D eigenvalue weighted by atomic mass is 9.96. The van der Waals surface area contributed by atoms with Gasteiger partial charge in [-0.15, -0.1) is 0 Å². The molecule has 1 aliphatic carbocycles. The van der Waals surface area contributed by atoms with E-state index in [1.54, 1.807) is 0 Å². The van der Waals surface area contributed by atoms with E-state index in [2.05, 4.69) is 22.6 Å². The molecule has 1 fully saturated rings. The van der Waals surface area contributed by atoms with E-state index < -0.39 is 0 Å². The highest BCUT2D eigenvalue weighted by molar-refractivity contribution is 5.98. The van der Waals surface area contributed by atoms with Crippen molar-refractivity contribution in [3.8, 4) is 0 Å². The maximum Gasteiger partial charge on any atom is 0.164 e. The maximum atomic E-state index is 11.9. The summed E-state index contributed by atoms with van der Waals surface area (Å²) in [6, 6.07) is 2.62. The average molecular weight is 246 g/mol. The van der Waals surface area contributed by atoms with Gasteiger partial charge in [-0.3, -0.25) is 4.79 Å². The Labute approximate surface area is 109 Å². The van der Waals surface area contributed by atoms with Gasteiger partial charge in [-0.25, -0.2) is 0 Å². The zero-order chi connectivity index (χ0) is 12.5. The molecule has 2 aliphatic rings. The molecule has 3 rings (SSSR count). The summed E-state index contributed by atoms with van der Waals surface area (Å²) < 4.78 is 2.40. The Bertz CT molecular complexity index is 449. The predicted molar refractivity (Wildman–Crippen MR) is 72.1 cm³/mol. The molecular weight excluding hydrogens is 224 g/mol. The van der Waals surface area contributed by atoms with Gasteiger partial charge in [-0.05, 0) is 44.8 Å². The lowest BCUT2D eigenvalue weighted by Gasteiger charge is -2.34. The molecule has 1 unspecified atom stereocenters. The maximum absolute atomic E-state index is 11.9. The van der Waals surface area contributed by atoms with Crippen LogP contribution in [0.4, 0.5) is 0 Å². The number of hydrogen-bond donors (Lipinski definition) is 0. The zero-order valence-electron chi connectivity index (χ0n) is 11.2. The summed E-state index contributed by atoms with van der Waals surface area (Å²) >= 11 is 0. The number of carbonyl (C=O) groups excluding carboxylic acids is 1. The molecule has 1 atom stereocenters. The van der Waals surface area contributed by atoms with Crippen LogP contribution in [0.15, 0.2) is 12.3 Å². The highest BCUT2D eigenvalue weighted by Crippen LogP contribution is 2.29. The van der Waals surface area contributed by atoms with Crippen LogP contribution in [0.2, 0.25) is 0 Å². The summed E-state index contributed by atoms with van der Waals surface area (Å²) in [4.78, 5) is 14.4. The number of fused-ring (bicyclic) bond motifs is 1. The van der Waals surface area contributed by atoms with E-state index in [9.17, 15) is 4.79 Å². The first-order valence-corrected chi connectivity index (χ1v) is 7.25. The number of nitrogens with zero attached hydrogens (tertiary/aromatic N) is 2. The van der Waals surface area contributed by atoms with E-state index in [4.69, 9.17) is 0 Å². The number of aromatic nitrogens is 1. The molecule has 0 bridgehead atoms. The molecule has 0 aromatic carbocycles. The summed E-state index contributed by atoms with van der Waals surface area (Å²) in [7, 11) is 0. The summed E-state index contributed by atoms with van der Waals surface area (Å²) in [6.45, 7) is 5.75. The van der Waals surface area contributed by atoms with Gasteiger partial charge in [-0.1, -0.05) is 6.92 Å². The van der Waals surface area contributed by atoms with Crippen molar-refractivity contribution in [2.75, 3.05) is 19.6 Å². The second kappa shape index (κ2) is 4.88. The van der Waals surface area contributed by atoms with E-state index in [-0.39, 0.29) is 0 Å². The van der Waals surface area contributed by atoms with Crippen LogP contribution in [0.1, 0.15) is 54.7 Å². The summed E-state index contributed by atoms with van der Waals surface area (Å²) in [6.07, 6.45) is 7.53. The smallest absolute Gasteiger partial charge is 0.164 e. The molecule has 0 saturated carbocycles. The topological polar surface area (TPSA) is 25.2 Å². The van der Waals surface area contributed by atoms with Crippen molar-refractivity contribution >= 4 is 5.78 Å². The lowest BCUT2D eigenvalue weighted by Crippen LogP contribution is -2.36. The lowest BCUT2D eigenvalue weighted by molar-refractivity contribution is 0.0970.